The molecule has 0 heterocycles. The molecule has 0 unspecified atom stereocenters. The molecule has 0 aromatic heterocycles. The Morgan fingerprint density at radius 1 is 1.50 bits per heavy atom. The molecule has 1 aliphatic rings. The van der Waals surface area contributed by atoms with Crippen molar-refractivity contribution >= 4 is 5.97 Å². The van der Waals surface area contributed by atoms with Gasteiger partial charge in [-0.3, -0.25) is 4.79 Å². The molecule has 1 rings (SSSR count). The number of hydrogen-bond acceptors (Lipinski definition) is 2. The van der Waals surface area contributed by atoms with E-state index in [4.69, 9.17) is 4.74 Å². The Hall–Kier alpha value is -0.790. The van der Waals surface area contributed by atoms with Crippen molar-refractivity contribution in [2.24, 2.45) is 17.8 Å². The van der Waals surface area contributed by atoms with E-state index in [2.05, 4.69) is 13.5 Å². The molecular formula is C12H20O2. The third-order valence-electron chi connectivity index (χ3n) is 3.17. The average Bonchev–Trinajstić information content (AvgIpc) is 2.47. The van der Waals surface area contributed by atoms with Crippen molar-refractivity contribution in [3.8, 4) is 0 Å². The summed E-state index contributed by atoms with van der Waals surface area (Å²) in [5.74, 6) is 0.790. The average molecular weight is 196 g/mol. The Balaban J connectivity index is 2.71. The number of rotatable bonds is 3. The summed E-state index contributed by atoms with van der Waals surface area (Å²) in [6, 6.07) is 0. The minimum absolute atomic E-state index is 0.0366. The summed E-state index contributed by atoms with van der Waals surface area (Å²) < 4.78 is 5.10. The summed E-state index contributed by atoms with van der Waals surface area (Å²) in [6.07, 6.45) is 2.20. The van der Waals surface area contributed by atoms with Gasteiger partial charge in [0.15, 0.2) is 0 Å². The fourth-order valence-electron chi connectivity index (χ4n) is 2.39. The van der Waals surface area contributed by atoms with Gasteiger partial charge in [0.1, 0.15) is 0 Å². The fraction of sp³-hybridized carbons (Fsp3) is 0.750. The molecule has 0 saturated heterocycles. The number of esters is 1. The molecule has 2 nitrogen and oxygen atoms in total. The lowest BCUT2D eigenvalue weighted by Gasteiger charge is -2.21. The Labute approximate surface area is 86.3 Å². The van der Waals surface area contributed by atoms with E-state index >= 15 is 0 Å². The topological polar surface area (TPSA) is 26.3 Å². The summed E-state index contributed by atoms with van der Waals surface area (Å²) in [4.78, 5) is 11.7. The van der Waals surface area contributed by atoms with Crippen molar-refractivity contribution in [1.82, 2.24) is 0 Å². The predicted octanol–water partition coefficient (Wildman–Crippen LogP) is 2.79. The molecule has 1 aliphatic carbocycles. The molecule has 14 heavy (non-hydrogen) atoms. The van der Waals surface area contributed by atoms with Gasteiger partial charge in [-0.2, -0.15) is 0 Å². The van der Waals surface area contributed by atoms with Crippen LogP contribution in [0, 0.1) is 17.8 Å². The van der Waals surface area contributed by atoms with E-state index in [1.54, 1.807) is 0 Å². The van der Waals surface area contributed by atoms with E-state index in [0.717, 1.165) is 18.4 Å². The molecule has 0 N–H and O–H groups in total. The zero-order valence-electron chi connectivity index (χ0n) is 9.38. The number of hydrogen-bond donors (Lipinski definition) is 0. The molecular weight excluding hydrogens is 176 g/mol. The predicted molar refractivity (Wildman–Crippen MR) is 56.8 cm³/mol. The van der Waals surface area contributed by atoms with Crippen LogP contribution in [0.15, 0.2) is 12.2 Å². The van der Waals surface area contributed by atoms with Gasteiger partial charge in [0.25, 0.3) is 0 Å². The second-order valence-corrected chi connectivity index (χ2v) is 4.29. The van der Waals surface area contributed by atoms with Gasteiger partial charge in [0, 0.05) is 0 Å². The highest BCUT2D eigenvalue weighted by Gasteiger charge is 2.39. The summed E-state index contributed by atoms with van der Waals surface area (Å²) in [5, 5.41) is 0. The smallest absolute Gasteiger partial charge is 0.309 e. The van der Waals surface area contributed by atoms with Crippen LogP contribution < -0.4 is 0 Å². The first-order valence-corrected chi connectivity index (χ1v) is 5.40. The van der Waals surface area contributed by atoms with Gasteiger partial charge in [-0.25, -0.2) is 0 Å². The Morgan fingerprint density at radius 3 is 2.64 bits per heavy atom. The number of carbonyl (C=O) groups is 1. The monoisotopic (exact) mass is 196 g/mol. The van der Waals surface area contributed by atoms with Gasteiger partial charge in [0.2, 0.25) is 0 Å². The third-order valence-corrected chi connectivity index (χ3v) is 3.17. The molecule has 0 aliphatic heterocycles. The number of ether oxygens (including phenoxy) is 1. The second-order valence-electron chi connectivity index (χ2n) is 4.29. The maximum absolute atomic E-state index is 11.7. The van der Waals surface area contributed by atoms with E-state index in [0.29, 0.717) is 18.4 Å². The fourth-order valence-corrected chi connectivity index (χ4v) is 2.39. The Kier molecular flexibility index (Phi) is 3.73. The van der Waals surface area contributed by atoms with E-state index in [9.17, 15) is 4.79 Å². The van der Waals surface area contributed by atoms with Gasteiger partial charge in [-0.1, -0.05) is 19.1 Å². The Morgan fingerprint density at radius 2 is 2.14 bits per heavy atom. The molecule has 0 radical (unpaired) electrons. The standard InChI is InChI=1S/C12H20O2/c1-5-14-12(13)11-9(4)6-7-10(11)8(2)3/h9-11H,2,5-7H2,1,3-4H3/t9-,10+,11-/m1/s1. The largest absolute Gasteiger partial charge is 0.466 e. The van der Waals surface area contributed by atoms with Crippen LogP contribution in [-0.2, 0) is 9.53 Å². The molecule has 2 heteroatoms. The highest BCUT2D eigenvalue weighted by molar-refractivity contribution is 5.74. The zero-order valence-corrected chi connectivity index (χ0v) is 9.38. The lowest BCUT2D eigenvalue weighted by atomic mass is 9.86. The summed E-state index contributed by atoms with van der Waals surface area (Å²) in [5.41, 5.74) is 1.12. The highest BCUT2D eigenvalue weighted by atomic mass is 16.5. The molecule has 1 fully saturated rings. The lowest BCUT2D eigenvalue weighted by molar-refractivity contribution is -0.150. The maximum Gasteiger partial charge on any atom is 0.309 e. The van der Waals surface area contributed by atoms with Crippen LogP contribution >= 0.6 is 0 Å². The van der Waals surface area contributed by atoms with Crippen molar-refractivity contribution < 1.29 is 9.53 Å². The van der Waals surface area contributed by atoms with E-state index in [1.165, 1.54) is 0 Å². The van der Waals surface area contributed by atoms with Gasteiger partial charge < -0.3 is 4.74 Å². The normalized spacial score (nSPS) is 31.5. The zero-order chi connectivity index (χ0) is 10.7. The Bertz CT molecular complexity index is 232. The second kappa shape index (κ2) is 4.63. The van der Waals surface area contributed by atoms with E-state index in [1.807, 2.05) is 13.8 Å². The minimum Gasteiger partial charge on any atom is -0.466 e. The van der Waals surface area contributed by atoms with E-state index in [-0.39, 0.29) is 11.9 Å². The molecule has 80 valence electrons. The minimum atomic E-state index is -0.0366. The maximum atomic E-state index is 11.7. The number of carbonyl (C=O) groups excluding carboxylic acids is 1. The van der Waals surface area contributed by atoms with Crippen molar-refractivity contribution in [1.29, 1.82) is 0 Å². The van der Waals surface area contributed by atoms with E-state index < -0.39 is 0 Å². The van der Waals surface area contributed by atoms with Crippen LogP contribution in [0.2, 0.25) is 0 Å². The van der Waals surface area contributed by atoms with Gasteiger partial charge >= 0.3 is 5.97 Å². The lowest BCUT2D eigenvalue weighted by Crippen LogP contribution is -2.26. The highest BCUT2D eigenvalue weighted by Crippen LogP contribution is 2.40. The first kappa shape index (κ1) is 11.3. The van der Waals surface area contributed by atoms with Crippen LogP contribution in [0.25, 0.3) is 0 Å². The summed E-state index contributed by atoms with van der Waals surface area (Å²) in [6.45, 7) is 10.4. The van der Waals surface area contributed by atoms with Crippen molar-refractivity contribution in [3.05, 3.63) is 12.2 Å². The SMILES string of the molecule is C=C(C)[C@@H]1CC[C@@H](C)[C@H]1C(=O)OCC. The first-order valence-electron chi connectivity index (χ1n) is 5.40. The van der Waals surface area contributed by atoms with Crippen molar-refractivity contribution in [2.75, 3.05) is 6.61 Å². The van der Waals surface area contributed by atoms with Crippen LogP contribution in [0.4, 0.5) is 0 Å². The van der Waals surface area contributed by atoms with Crippen LogP contribution in [0.3, 0.4) is 0 Å². The van der Waals surface area contributed by atoms with Gasteiger partial charge in [-0.05, 0) is 38.5 Å². The van der Waals surface area contributed by atoms with Crippen molar-refractivity contribution in [2.45, 2.75) is 33.6 Å². The van der Waals surface area contributed by atoms with Crippen LogP contribution in [0.1, 0.15) is 33.6 Å². The molecule has 3 atom stereocenters. The molecule has 1 saturated carbocycles. The molecule has 0 aromatic rings. The van der Waals surface area contributed by atoms with Crippen LogP contribution in [-0.4, -0.2) is 12.6 Å². The molecule has 0 amide bonds. The molecule has 0 bridgehead atoms. The quantitative estimate of drug-likeness (QED) is 0.512. The van der Waals surface area contributed by atoms with Crippen molar-refractivity contribution in [3.63, 3.8) is 0 Å². The van der Waals surface area contributed by atoms with Crippen LogP contribution in [0.5, 0.6) is 0 Å². The molecule has 0 spiro atoms. The first-order chi connectivity index (χ1) is 6.57. The summed E-state index contributed by atoms with van der Waals surface area (Å²) >= 11 is 0. The van der Waals surface area contributed by atoms with Gasteiger partial charge in [-0.15, -0.1) is 0 Å². The van der Waals surface area contributed by atoms with Gasteiger partial charge in [0.05, 0.1) is 12.5 Å². The third kappa shape index (κ3) is 2.17. The summed E-state index contributed by atoms with van der Waals surface area (Å²) in [7, 11) is 0. The number of allylic oxidation sites excluding steroid dienone is 1. The molecule has 0 aromatic carbocycles.